The number of alkyl halides is 3. The Hall–Kier alpha value is -2.88. The standard InChI is InChI=1S/C16H15F3N6O/c1-24-9-13(21-23-24)15-12-8-20-7-6-14(12)25(22-15)10-2-4-11(5-3-10)26-16(17,18)19/h2-5,9,20H,6-8H2,1H3. The number of nitrogens with one attached hydrogen (secondary N) is 1. The maximum absolute atomic E-state index is 12.3. The second kappa shape index (κ2) is 6.13. The van der Waals surface area contributed by atoms with Crippen LogP contribution in [-0.2, 0) is 20.0 Å². The zero-order valence-corrected chi connectivity index (χ0v) is 13.8. The predicted molar refractivity (Wildman–Crippen MR) is 85.7 cm³/mol. The second-order valence-electron chi connectivity index (χ2n) is 5.93. The maximum atomic E-state index is 12.3. The fourth-order valence-corrected chi connectivity index (χ4v) is 3.01. The van der Waals surface area contributed by atoms with Gasteiger partial charge in [-0.1, -0.05) is 5.21 Å². The molecule has 26 heavy (non-hydrogen) atoms. The van der Waals surface area contributed by atoms with Crippen LogP contribution >= 0.6 is 0 Å². The van der Waals surface area contributed by atoms with Crippen LogP contribution in [0.15, 0.2) is 30.5 Å². The van der Waals surface area contributed by atoms with Crippen LogP contribution in [0.2, 0.25) is 0 Å². The Morgan fingerprint density at radius 2 is 1.96 bits per heavy atom. The number of ether oxygens (including phenoxy) is 1. The Kier molecular flexibility index (Phi) is 3.91. The fourth-order valence-electron chi connectivity index (χ4n) is 3.01. The summed E-state index contributed by atoms with van der Waals surface area (Å²) in [6, 6.07) is 5.66. The van der Waals surface area contributed by atoms with Gasteiger partial charge in [0.2, 0.25) is 0 Å². The average molecular weight is 364 g/mol. The molecule has 7 nitrogen and oxygen atoms in total. The zero-order valence-electron chi connectivity index (χ0n) is 13.8. The summed E-state index contributed by atoms with van der Waals surface area (Å²) >= 11 is 0. The maximum Gasteiger partial charge on any atom is 0.573 e. The first-order valence-corrected chi connectivity index (χ1v) is 7.95. The normalized spacial score (nSPS) is 14.3. The second-order valence-corrected chi connectivity index (χ2v) is 5.93. The Morgan fingerprint density at radius 1 is 1.19 bits per heavy atom. The summed E-state index contributed by atoms with van der Waals surface area (Å²) in [6.07, 6.45) is -2.18. The first kappa shape index (κ1) is 16.6. The largest absolute Gasteiger partial charge is 0.573 e. The van der Waals surface area contributed by atoms with Gasteiger partial charge in [-0.05, 0) is 24.3 Å². The SMILES string of the molecule is Cn1cc(-c2nn(-c3ccc(OC(F)(F)F)cc3)c3c2CNCC3)nn1. The lowest BCUT2D eigenvalue weighted by molar-refractivity contribution is -0.274. The van der Waals surface area contributed by atoms with Gasteiger partial charge in [-0.2, -0.15) is 5.10 Å². The number of benzene rings is 1. The quantitative estimate of drug-likeness (QED) is 0.772. The van der Waals surface area contributed by atoms with Crippen LogP contribution in [0.5, 0.6) is 5.75 Å². The minimum absolute atomic E-state index is 0.266. The number of aromatic nitrogens is 5. The van der Waals surface area contributed by atoms with E-state index in [1.807, 2.05) is 0 Å². The number of halogens is 3. The third-order valence-corrected chi connectivity index (χ3v) is 4.09. The molecule has 0 spiro atoms. The van der Waals surface area contributed by atoms with Crippen LogP contribution in [0.3, 0.4) is 0 Å². The van der Waals surface area contributed by atoms with Crippen LogP contribution in [0.25, 0.3) is 17.1 Å². The van der Waals surface area contributed by atoms with Crippen LogP contribution in [-0.4, -0.2) is 37.7 Å². The highest BCUT2D eigenvalue weighted by Crippen LogP contribution is 2.29. The molecule has 1 aromatic carbocycles. The molecule has 3 heterocycles. The summed E-state index contributed by atoms with van der Waals surface area (Å²) in [5.41, 5.74) is 4.06. The summed E-state index contributed by atoms with van der Waals surface area (Å²) in [5, 5.41) is 16.0. The molecular weight excluding hydrogens is 349 g/mol. The lowest BCUT2D eigenvalue weighted by atomic mass is 10.1. The van der Waals surface area contributed by atoms with E-state index in [0.717, 1.165) is 29.9 Å². The van der Waals surface area contributed by atoms with Crippen molar-refractivity contribution in [2.24, 2.45) is 7.05 Å². The van der Waals surface area contributed by atoms with Gasteiger partial charge in [0, 0.05) is 32.1 Å². The third kappa shape index (κ3) is 3.15. The van der Waals surface area contributed by atoms with Gasteiger partial charge in [0.25, 0.3) is 0 Å². The first-order valence-electron chi connectivity index (χ1n) is 7.95. The number of fused-ring (bicyclic) bond motifs is 1. The molecule has 3 aromatic rings. The van der Waals surface area contributed by atoms with E-state index in [1.165, 1.54) is 12.1 Å². The fraction of sp³-hybridized carbons (Fsp3) is 0.312. The van der Waals surface area contributed by atoms with Crippen LogP contribution in [0.4, 0.5) is 13.2 Å². The van der Waals surface area contributed by atoms with Crippen molar-refractivity contribution < 1.29 is 17.9 Å². The molecule has 0 saturated heterocycles. The molecule has 0 saturated carbocycles. The van der Waals surface area contributed by atoms with Gasteiger partial charge in [-0.15, -0.1) is 18.3 Å². The Morgan fingerprint density at radius 3 is 2.62 bits per heavy atom. The van der Waals surface area contributed by atoms with E-state index < -0.39 is 6.36 Å². The monoisotopic (exact) mass is 364 g/mol. The molecule has 10 heteroatoms. The van der Waals surface area contributed by atoms with Crippen molar-refractivity contribution in [2.75, 3.05) is 6.54 Å². The van der Waals surface area contributed by atoms with Gasteiger partial charge >= 0.3 is 6.36 Å². The van der Waals surface area contributed by atoms with Crippen LogP contribution in [0.1, 0.15) is 11.3 Å². The van der Waals surface area contributed by atoms with E-state index in [9.17, 15) is 13.2 Å². The van der Waals surface area contributed by atoms with Crippen molar-refractivity contribution in [3.8, 4) is 22.8 Å². The summed E-state index contributed by atoms with van der Waals surface area (Å²) in [5.74, 6) is -0.266. The minimum Gasteiger partial charge on any atom is -0.406 e. The van der Waals surface area contributed by atoms with E-state index in [-0.39, 0.29) is 5.75 Å². The molecule has 0 fully saturated rings. The molecule has 0 amide bonds. The number of nitrogens with zero attached hydrogens (tertiary/aromatic N) is 5. The molecule has 1 aliphatic heterocycles. The van der Waals surface area contributed by atoms with E-state index >= 15 is 0 Å². The predicted octanol–water partition coefficient (Wildman–Crippen LogP) is 2.21. The molecule has 136 valence electrons. The molecule has 0 radical (unpaired) electrons. The average Bonchev–Trinajstić information content (AvgIpc) is 3.18. The number of rotatable bonds is 3. The van der Waals surface area contributed by atoms with Gasteiger partial charge < -0.3 is 10.1 Å². The number of hydrogen-bond acceptors (Lipinski definition) is 5. The Labute approximate surface area is 146 Å². The first-order chi connectivity index (χ1) is 12.4. The van der Waals surface area contributed by atoms with Gasteiger partial charge in [-0.25, -0.2) is 4.68 Å². The molecule has 0 bridgehead atoms. The van der Waals surface area contributed by atoms with Crippen molar-refractivity contribution >= 4 is 0 Å². The Bertz CT molecular complexity index is 929. The summed E-state index contributed by atoms with van der Waals surface area (Å²) in [6.45, 7) is 1.45. The molecule has 2 aromatic heterocycles. The van der Waals surface area contributed by atoms with Gasteiger partial charge in [0.05, 0.1) is 17.6 Å². The molecular formula is C16H15F3N6O. The third-order valence-electron chi connectivity index (χ3n) is 4.09. The van der Waals surface area contributed by atoms with Gasteiger partial charge in [-0.3, -0.25) is 4.68 Å². The van der Waals surface area contributed by atoms with Crippen molar-refractivity contribution in [3.05, 3.63) is 41.7 Å². The van der Waals surface area contributed by atoms with Gasteiger partial charge in [0.1, 0.15) is 17.1 Å². The highest BCUT2D eigenvalue weighted by atomic mass is 19.4. The highest BCUT2D eigenvalue weighted by Gasteiger charge is 2.31. The van der Waals surface area contributed by atoms with E-state index in [4.69, 9.17) is 0 Å². The van der Waals surface area contributed by atoms with Crippen molar-refractivity contribution in [3.63, 3.8) is 0 Å². The molecule has 0 aliphatic carbocycles. The molecule has 1 aliphatic rings. The number of hydrogen-bond donors (Lipinski definition) is 1. The summed E-state index contributed by atoms with van der Waals surface area (Å²) in [7, 11) is 1.78. The lowest BCUT2D eigenvalue weighted by Crippen LogP contribution is -2.24. The van der Waals surface area contributed by atoms with Crippen molar-refractivity contribution in [1.82, 2.24) is 30.1 Å². The molecule has 1 N–H and O–H groups in total. The number of aryl methyl sites for hydroxylation is 1. The minimum atomic E-state index is -4.71. The van der Waals surface area contributed by atoms with E-state index in [2.05, 4.69) is 25.5 Å². The van der Waals surface area contributed by atoms with Crippen molar-refractivity contribution in [1.29, 1.82) is 0 Å². The smallest absolute Gasteiger partial charge is 0.406 e. The van der Waals surface area contributed by atoms with Crippen LogP contribution in [0, 0.1) is 0 Å². The van der Waals surface area contributed by atoms with E-state index in [0.29, 0.717) is 17.9 Å². The topological polar surface area (TPSA) is 69.8 Å². The molecule has 0 unspecified atom stereocenters. The highest BCUT2D eigenvalue weighted by molar-refractivity contribution is 5.61. The zero-order chi connectivity index (χ0) is 18.3. The van der Waals surface area contributed by atoms with Crippen molar-refractivity contribution in [2.45, 2.75) is 19.3 Å². The Balaban J connectivity index is 1.74. The molecule has 0 atom stereocenters. The van der Waals surface area contributed by atoms with Gasteiger partial charge in [0.15, 0.2) is 0 Å². The lowest BCUT2D eigenvalue weighted by Gasteiger charge is -2.16. The summed E-state index contributed by atoms with van der Waals surface area (Å²) in [4.78, 5) is 0. The molecule has 4 rings (SSSR count). The van der Waals surface area contributed by atoms with Crippen LogP contribution < -0.4 is 10.1 Å². The van der Waals surface area contributed by atoms with E-state index in [1.54, 1.807) is 34.7 Å². The summed E-state index contributed by atoms with van der Waals surface area (Å²) < 4.78 is 44.2.